The highest BCUT2D eigenvalue weighted by atomic mass is 16.6. The van der Waals surface area contributed by atoms with Gasteiger partial charge in [0.2, 0.25) is 0 Å². The molecule has 0 radical (unpaired) electrons. The van der Waals surface area contributed by atoms with Crippen LogP contribution in [0.3, 0.4) is 0 Å². The van der Waals surface area contributed by atoms with Gasteiger partial charge in [0.25, 0.3) is 0 Å². The topological polar surface area (TPSA) is 78.9 Å². The quantitative estimate of drug-likeness (QED) is 0.0261. The molecule has 0 aliphatic rings. The molecule has 0 aliphatic carbocycles. The summed E-state index contributed by atoms with van der Waals surface area (Å²) in [4.78, 5) is 38.6. The molecule has 0 bridgehead atoms. The second-order valence-corrected chi connectivity index (χ2v) is 25.2. The lowest BCUT2D eigenvalue weighted by Crippen LogP contribution is -2.30. The molecule has 0 fully saturated rings. The Bertz CT molecular complexity index is 1430. The van der Waals surface area contributed by atoms with Gasteiger partial charge in [-0.2, -0.15) is 0 Å². The number of carbonyl (C=O) groups excluding carboxylic acids is 3. The molecule has 6 heteroatoms. The molecule has 0 aromatic rings. The van der Waals surface area contributed by atoms with Crippen molar-refractivity contribution in [2.45, 2.75) is 412 Å². The van der Waals surface area contributed by atoms with E-state index in [4.69, 9.17) is 14.2 Å². The largest absolute Gasteiger partial charge is 0.462 e. The predicted octanol–water partition coefficient (Wildman–Crippen LogP) is 25.7. The maximum Gasteiger partial charge on any atom is 0.306 e. The average molecular weight is 1160 g/mol. The summed E-state index contributed by atoms with van der Waals surface area (Å²) in [6.45, 7) is 6.70. The Morgan fingerprint density at radius 1 is 0.241 bits per heavy atom. The Morgan fingerprint density at radius 2 is 0.434 bits per heavy atom. The summed E-state index contributed by atoms with van der Waals surface area (Å²) < 4.78 is 17.0. The lowest BCUT2D eigenvalue weighted by molar-refractivity contribution is -0.167. The summed E-state index contributed by atoms with van der Waals surface area (Å²) in [5.41, 5.74) is 0. The van der Waals surface area contributed by atoms with Crippen molar-refractivity contribution >= 4 is 17.9 Å². The van der Waals surface area contributed by atoms with E-state index in [2.05, 4.69) is 69.4 Å². The molecule has 0 N–H and O–H groups in total. The third-order valence-corrected chi connectivity index (χ3v) is 16.8. The van der Waals surface area contributed by atoms with E-state index in [1.807, 2.05) is 0 Å². The van der Waals surface area contributed by atoms with Crippen molar-refractivity contribution in [3.8, 4) is 0 Å². The summed E-state index contributed by atoms with van der Waals surface area (Å²) in [5.74, 6) is -0.844. The number of allylic oxidation sites excluding steroid dienone is 8. The minimum absolute atomic E-state index is 0.0699. The molecule has 0 amide bonds. The molecule has 486 valence electrons. The highest BCUT2D eigenvalue weighted by molar-refractivity contribution is 5.71. The van der Waals surface area contributed by atoms with Crippen molar-refractivity contribution < 1.29 is 28.6 Å². The highest BCUT2D eigenvalue weighted by Crippen LogP contribution is 2.18. The number of hydrogen-bond acceptors (Lipinski definition) is 6. The smallest absolute Gasteiger partial charge is 0.306 e. The van der Waals surface area contributed by atoms with Gasteiger partial charge in [-0.3, -0.25) is 14.4 Å². The van der Waals surface area contributed by atoms with Crippen LogP contribution in [0.2, 0.25) is 0 Å². The minimum atomic E-state index is -0.776. The summed E-state index contributed by atoms with van der Waals surface area (Å²) in [6.07, 6.45) is 91.4. The van der Waals surface area contributed by atoms with Gasteiger partial charge in [0.15, 0.2) is 6.10 Å². The number of ether oxygens (including phenoxy) is 3. The number of carbonyl (C=O) groups is 3. The van der Waals surface area contributed by atoms with Crippen molar-refractivity contribution in [1.82, 2.24) is 0 Å². The molecule has 0 saturated carbocycles. The third kappa shape index (κ3) is 70.0. The van der Waals surface area contributed by atoms with Crippen LogP contribution in [0.25, 0.3) is 0 Å². The van der Waals surface area contributed by atoms with Crippen LogP contribution in [0.15, 0.2) is 48.6 Å². The molecule has 1 unspecified atom stereocenters. The Balaban J connectivity index is 4.31. The van der Waals surface area contributed by atoms with Crippen LogP contribution in [-0.4, -0.2) is 37.2 Å². The molecule has 83 heavy (non-hydrogen) atoms. The Labute approximate surface area is 518 Å². The second-order valence-electron chi connectivity index (χ2n) is 25.2. The molecule has 1 atom stereocenters. The van der Waals surface area contributed by atoms with E-state index in [1.165, 1.54) is 295 Å². The fraction of sp³-hybridized carbons (Fsp3) is 0.857. The van der Waals surface area contributed by atoms with Crippen molar-refractivity contribution in [2.75, 3.05) is 13.2 Å². The zero-order chi connectivity index (χ0) is 59.9. The zero-order valence-electron chi connectivity index (χ0n) is 56.0. The maximum atomic E-state index is 13.0. The molecule has 0 aliphatic heterocycles. The summed E-state index contributed by atoms with van der Waals surface area (Å²) in [6, 6.07) is 0. The molecule has 0 spiro atoms. The molecule has 0 aromatic carbocycles. The van der Waals surface area contributed by atoms with Crippen molar-refractivity contribution in [3.05, 3.63) is 48.6 Å². The predicted molar refractivity (Wildman–Crippen MR) is 362 cm³/mol. The van der Waals surface area contributed by atoms with Crippen LogP contribution < -0.4 is 0 Å². The fourth-order valence-electron chi connectivity index (χ4n) is 11.2. The highest BCUT2D eigenvalue weighted by Gasteiger charge is 2.19. The van der Waals surface area contributed by atoms with Crippen molar-refractivity contribution in [3.63, 3.8) is 0 Å². The normalized spacial score (nSPS) is 12.3. The zero-order valence-corrected chi connectivity index (χ0v) is 56.0. The van der Waals surface area contributed by atoms with Gasteiger partial charge in [-0.25, -0.2) is 0 Å². The van der Waals surface area contributed by atoms with Crippen molar-refractivity contribution in [1.29, 1.82) is 0 Å². The standard InChI is InChI=1S/C77H142O6/c1-4-7-10-13-16-19-22-25-28-31-34-36-37-38-39-41-43-46-49-52-55-58-61-64-67-70-76(79)82-73-74(72-81-75(78)69-66-63-60-57-54-51-48-45-42-33-30-27-24-21-18-15-12-9-6-3)83-77(80)71-68-65-62-59-56-53-50-47-44-40-35-32-29-26-23-20-17-14-11-8-5-2/h22-23,25-26,31-32,34-35,74H,4-21,24,27-30,33,36-73H2,1-3H3/b25-22-,26-23-,34-31-,35-32-. The van der Waals surface area contributed by atoms with E-state index < -0.39 is 6.10 Å². The van der Waals surface area contributed by atoms with Gasteiger partial charge in [-0.1, -0.05) is 352 Å². The monoisotopic (exact) mass is 1160 g/mol. The first-order chi connectivity index (χ1) is 41.0. The number of rotatable bonds is 69. The second kappa shape index (κ2) is 71.8. The summed E-state index contributed by atoms with van der Waals surface area (Å²) in [7, 11) is 0. The van der Waals surface area contributed by atoms with Gasteiger partial charge >= 0.3 is 17.9 Å². The van der Waals surface area contributed by atoms with E-state index in [9.17, 15) is 14.4 Å². The van der Waals surface area contributed by atoms with Crippen LogP contribution >= 0.6 is 0 Å². The van der Waals surface area contributed by atoms with Gasteiger partial charge in [0, 0.05) is 19.3 Å². The molecular weight excluding hydrogens is 1020 g/mol. The van der Waals surface area contributed by atoms with E-state index in [1.54, 1.807) is 0 Å². The first-order valence-electron chi connectivity index (χ1n) is 37.1. The SMILES string of the molecule is CCCCCCC/C=C\C/C=C\CCCCCCCCCCCCCCCC(=O)OCC(COC(=O)CCCCCCCCCCCCCCCCCCCCC)OC(=O)CCCCCCCCCCC/C=C\C/C=C\CCCCCCC. The van der Waals surface area contributed by atoms with Crippen LogP contribution in [0.1, 0.15) is 406 Å². The molecule has 0 heterocycles. The Morgan fingerprint density at radius 3 is 0.663 bits per heavy atom. The van der Waals surface area contributed by atoms with Crippen molar-refractivity contribution in [2.24, 2.45) is 0 Å². The van der Waals surface area contributed by atoms with Gasteiger partial charge in [-0.05, 0) is 83.5 Å². The first-order valence-corrected chi connectivity index (χ1v) is 37.1. The maximum absolute atomic E-state index is 13.0. The molecule has 6 nitrogen and oxygen atoms in total. The lowest BCUT2D eigenvalue weighted by atomic mass is 10.0. The van der Waals surface area contributed by atoms with E-state index >= 15 is 0 Å². The van der Waals surface area contributed by atoms with E-state index in [0.29, 0.717) is 19.3 Å². The molecule has 0 saturated heterocycles. The van der Waals surface area contributed by atoms with Gasteiger partial charge in [-0.15, -0.1) is 0 Å². The lowest BCUT2D eigenvalue weighted by Gasteiger charge is -2.18. The minimum Gasteiger partial charge on any atom is -0.462 e. The number of hydrogen-bond donors (Lipinski definition) is 0. The van der Waals surface area contributed by atoms with Crippen LogP contribution in [-0.2, 0) is 28.6 Å². The molecule has 0 aromatic heterocycles. The average Bonchev–Trinajstić information content (AvgIpc) is 3.50. The van der Waals surface area contributed by atoms with Crippen LogP contribution in [0.4, 0.5) is 0 Å². The Kier molecular flexibility index (Phi) is 69.6. The molecular formula is C77H142O6. The van der Waals surface area contributed by atoms with Crippen LogP contribution in [0.5, 0.6) is 0 Å². The number of esters is 3. The Hall–Kier alpha value is -2.63. The fourth-order valence-corrected chi connectivity index (χ4v) is 11.2. The first kappa shape index (κ1) is 80.4. The van der Waals surface area contributed by atoms with Crippen LogP contribution in [0, 0.1) is 0 Å². The summed E-state index contributed by atoms with van der Waals surface area (Å²) >= 11 is 0. The van der Waals surface area contributed by atoms with E-state index in [0.717, 1.165) is 70.6 Å². The number of unbranched alkanes of at least 4 members (excludes halogenated alkanes) is 50. The van der Waals surface area contributed by atoms with E-state index in [-0.39, 0.29) is 31.1 Å². The van der Waals surface area contributed by atoms with Gasteiger partial charge in [0.1, 0.15) is 13.2 Å². The molecule has 0 rings (SSSR count). The van der Waals surface area contributed by atoms with Gasteiger partial charge < -0.3 is 14.2 Å². The summed E-state index contributed by atoms with van der Waals surface area (Å²) in [5, 5.41) is 0. The third-order valence-electron chi connectivity index (χ3n) is 16.8. The van der Waals surface area contributed by atoms with Gasteiger partial charge in [0.05, 0.1) is 0 Å².